The van der Waals surface area contributed by atoms with Crippen LogP contribution in [0.1, 0.15) is 61.3 Å². The van der Waals surface area contributed by atoms with Gasteiger partial charge in [-0.3, -0.25) is 0 Å². The van der Waals surface area contributed by atoms with Crippen molar-refractivity contribution >= 4 is 5.97 Å². The van der Waals surface area contributed by atoms with Crippen molar-refractivity contribution in [1.29, 1.82) is 0 Å². The molecular weight excluding hydrogens is 426 g/mol. The number of rotatable bonds is 10. The van der Waals surface area contributed by atoms with Gasteiger partial charge in [-0.15, -0.1) is 0 Å². The highest BCUT2D eigenvalue weighted by Gasteiger charge is 2.47. The van der Waals surface area contributed by atoms with Crippen molar-refractivity contribution in [2.24, 2.45) is 17.8 Å². The molecule has 3 unspecified atom stereocenters. The number of aliphatic hydroxyl groups is 1. The highest BCUT2D eigenvalue weighted by Crippen LogP contribution is 2.40. The zero-order chi connectivity index (χ0) is 25.1. The summed E-state index contributed by atoms with van der Waals surface area (Å²) in [5.41, 5.74) is -0.769. The highest BCUT2D eigenvalue weighted by atomic mass is 16.7. The molecule has 33 heavy (non-hydrogen) atoms. The third-order valence-corrected chi connectivity index (χ3v) is 6.93. The van der Waals surface area contributed by atoms with Crippen molar-refractivity contribution in [1.82, 2.24) is 4.90 Å². The molecule has 2 heterocycles. The summed E-state index contributed by atoms with van der Waals surface area (Å²) in [5, 5.41) is 9.74. The lowest BCUT2D eigenvalue weighted by Crippen LogP contribution is -2.55. The number of nitrogens with zero attached hydrogens (tertiary/aromatic N) is 1. The maximum absolute atomic E-state index is 12.2. The number of carbonyl (C=O) groups excluding carboxylic acids is 1. The van der Waals surface area contributed by atoms with Crippen molar-refractivity contribution in [2.45, 2.75) is 97.2 Å². The summed E-state index contributed by atoms with van der Waals surface area (Å²) in [6.07, 6.45) is 1.93. The van der Waals surface area contributed by atoms with E-state index in [-0.39, 0.29) is 30.5 Å². The minimum atomic E-state index is -1.07. The molecule has 0 radical (unpaired) electrons. The van der Waals surface area contributed by atoms with Gasteiger partial charge in [-0.1, -0.05) is 20.8 Å². The second-order valence-electron chi connectivity index (χ2n) is 10.8. The molecule has 0 aromatic carbocycles. The molecule has 0 aromatic heterocycles. The van der Waals surface area contributed by atoms with E-state index < -0.39 is 29.8 Å². The number of carbonyl (C=O) groups is 1. The van der Waals surface area contributed by atoms with Crippen LogP contribution in [0.5, 0.6) is 0 Å². The van der Waals surface area contributed by atoms with Crippen LogP contribution in [0.4, 0.5) is 0 Å². The van der Waals surface area contributed by atoms with Crippen molar-refractivity contribution < 1.29 is 33.6 Å². The Bertz CT molecular complexity index is 694. The molecule has 1 saturated heterocycles. The Hall–Kier alpha value is -1.19. The van der Waals surface area contributed by atoms with Crippen LogP contribution in [0.15, 0.2) is 11.8 Å². The highest BCUT2D eigenvalue weighted by molar-refractivity contribution is 5.83. The van der Waals surface area contributed by atoms with E-state index in [1.165, 1.54) is 6.08 Å². The van der Waals surface area contributed by atoms with E-state index in [0.717, 1.165) is 6.42 Å². The van der Waals surface area contributed by atoms with E-state index in [0.29, 0.717) is 18.2 Å². The van der Waals surface area contributed by atoms with Crippen LogP contribution in [0.25, 0.3) is 0 Å². The summed E-state index contributed by atoms with van der Waals surface area (Å²) in [4.78, 5) is 14.5. The van der Waals surface area contributed by atoms with Gasteiger partial charge in [0.05, 0.1) is 23.9 Å². The average Bonchev–Trinajstić information content (AvgIpc) is 2.71. The zero-order valence-electron chi connectivity index (χ0n) is 22.1. The SMILES string of the molecule is CO[C@](C)(C[C@@H](C)CO)[C@H](O[C@@H]1OC(C)CC(N(C)C)C1C)[C@H](C)C1=CC(=O)OC(C)(C)O1. The summed E-state index contributed by atoms with van der Waals surface area (Å²) in [7, 11) is 5.80. The number of aliphatic hydroxyl groups excluding tert-OH is 1. The zero-order valence-corrected chi connectivity index (χ0v) is 22.1. The Balaban J connectivity index is 2.43. The quantitative estimate of drug-likeness (QED) is 0.486. The maximum atomic E-state index is 12.2. The normalized spacial score (nSPS) is 32.2. The molecule has 8 heteroatoms. The van der Waals surface area contributed by atoms with Gasteiger partial charge in [-0.05, 0) is 46.7 Å². The lowest BCUT2D eigenvalue weighted by Gasteiger charge is -2.48. The van der Waals surface area contributed by atoms with Crippen LogP contribution >= 0.6 is 0 Å². The summed E-state index contributed by atoms with van der Waals surface area (Å²) in [5.74, 6) is -1.25. The second kappa shape index (κ2) is 11.0. The van der Waals surface area contributed by atoms with E-state index >= 15 is 0 Å². The first-order valence-corrected chi connectivity index (χ1v) is 12.0. The van der Waals surface area contributed by atoms with Crippen LogP contribution in [0, 0.1) is 17.8 Å². The molecule has 0 aliphatic carbocycles. The number of hydrogen-bond acceptors (Lipinski definition) is 8. The fraction of sp³-hybridized carbons (Fsp3) is 0.880. The number of cyclic esters (lactones) is 1. The third kappa shape index (κ3) is 6.92. The summed E-state index contributed by atoms with van der Waals surface area (Å²) < 4.78 is 30.4. The number of ether oxygens (including phenoxy) is 5. The Morgan fingerprint density at radius 2 is 1.91 bits per heavy atom. The Labute approximate surface area is 199 Å². The fourth-order valence-electron chi connectivity index (χ4n) is 5.08. The standard InChI is InChI=1S/C25H45NO7/c1-15(14-27)13-25(7,29-10)22(18(4)20-12-21(28)33-24(5,6)32-20)31-23-17(3)19(26(8)9)11-16(2)30-23/h12,15-19,22-23,27H,11,13-14H2,1-10H3/t15-,16?,17?,18-,19?,22-,23+,25-/m1/s1. The van der Waals surface area contributed by atoms with E-state index in [2.05, 4.69) is 32.8 Å². The average molecular weight is 472 g/mol. The molecule has 0 spiro atoms. The molecule has 2 aliphatic rings. The van der Waals surface area contributed by atoms with Crippen LogP contribution in [0.2, 0.25) is 0 Å². The number of esters is 1. The Morgan fingerprint density at radius 3 is 2.42 bits per heavy atom. The maximum Gasteiger partial charge on any atom is 0.337 e. The molecule has 0 amide bonds. The molecule has 2 rings (SSSR count). The van der Waals surface area contributed by atoms with E-state index in [9.17, 15) is 9.90 Å². The summed E-state index contributed by atoms with van der Waals surface area (Å²) in [6, 6.07) is 0.305. The lowest BCUT2D eigenvalue weighted by atomic mass is 9.81. The first kappa shape index (κ1) is 28.1. The van der Waals surface area contributed by atoms with Gasteiger partial charge in [0, 0.05) is 45.4 Å². The van der Waals surface area contributed by atoms with Gasteiger partial charge < -0.3 is 33.7 Å². The van der Waals surface area contributed by atoms with Crippen molar-refractivity contribution in [2.75, 3.05) is 27.8 Å². The van der Waals surface area contributed by atoms with E-state index in [1.807, 2.05) is 20.8 Å². The molecule has 8 nitrogen and oxygen atoms in total. The lowest BCUT2D eigenvalue weighted by molar-refractivity contribution is -0.285. The van der Waals surface area contributed by atoms with E-state index in [1.54, 1.807) is 21.0 Å². The molecular formula is C25H45NO7. The molecule has 2 aliphatic heterocycles. The fourth-order valence-corrected chi connectivity index (χ4v) is 5.08. The minimum absolute atomic E-state index is 0.00550. The summed E-state index contributed by atoms with van der Waals surface area (Å²) in [6.45, 7) is 13.6. The van der Waals surface area contributed by atoms with Crippen LogP contribution in [0.3, 0.4) is 0 Å². The number of hydrogen-bond donors (Lipinski definition) is 1. The van der Waals surface area contributed by atoms with Gasteiger partial charge in [0.15, 0.2) is 6.29 Å². The largest absolute Gasteiger partial charge is 0.456 e. The predicted octanol–water partition coefficient (Wildman–Crippen LogP) is 3.33. The van der Waals surface area contributed by atoms with Crippen molar-refractivity contribution in [3.63, 3.8) is 0 Å². The van der Waals surface area contributed by atoms with Crippen molar-refractivity contribution in [3.8, 4) is 0 Å². The monoisotopic (exact) mass is 471 g/mol. The van der Waals surface area contributed by atoms with Crippen molar-refractivity contribution in [3.05, 3.63) is 11.8 Å². The smallest absolute Gasteiger partial charge is 0.337 e. The Morgan fingerprint density at radius 1 is 1.27 bits per heavy atom. The molecule has 1 N–H and O–H groups in total. The molecule has 0 bridgehead atoms. The van der Waals surface area contributed by atoms with Gasteiger partial charge in [-0.2, -0.15) is 0 Å². The third-order valence-electron chi connectivity index (χ3n) is 6.93. The molecule has 8 atom stereocenters. The van der Waals surface area contributed by atoms with Gasteiger partial charge >= 0.3 is 5.97 Å². The second-order valence-corrected chi connectivity index (χ2v) is 10.8. The summed E-state index contributed by atoms with van der Waals surface area (Å²) >= 11 is 0. The first-order valence-electron chi connectivity index (χ1n) is 12.0. The Kier molecular flexibility index (Phi) is 9.38. The van der Waals surface area contributed by atoms with Crippen LogP contribution < -0.4 is 0 Å². The molecule has 0 saturated carbocycles. The molecule has 1 fully saturated rings. The van der Waals surface area contributed by atoms with Gasteiger partial charge in [0.25, 0.3) is 0 Å². The minimum Gasteiger partial charge on any atom is -0.456 e. The van der Waals surface area contributed by atoms with Gasteiger partial charge in [0.2, 0.25) is 5.79 Å². The number of methoxy groups -OCH3 is 1. The van der Waals surface area contributed by atoms with Gasteiger partial charge in [0.1, 0.15) is 5.76 Å². The van der Waals surface area contributed by atoms with Gasteiger partial charge in [-0.25, -0.2) is 4.79 Å². The molecule has 192 valence electrons. The van der Waals surface area contributed by atoms with Crippen LogP contribution in [-0.4, -0.2) is 79.7 Å². The van der Waals surface area contributed by atoms with E-state index in [4.69, 9.17) is 23.7 Å². The topological polar surface area (TPSA) is 86.7 Å². The van der Waals surface area contributed by atoms with Crippen LogP contribution in [-0.2, 0) is 28.5 Å². The first-order chi connectivity index (χ1) is 15.2. The molecule has 0 aromatic rings. The predicted molar refractivity (Wildman–Crippen MR) is 125 cm³/mol.